The van der Waals surface area contributed by atoms with Crippen LogP contribution in [-0.2, 0) is 13.0 Å². The molecule has 2 rings (SSSR count). The van der Waals surface area contributed by atoms with Crippen molar-refractivity contribution in [3.63, 3.8) is 0 Å². The van der Waals surface area contributed by atoms with Gasteiger partial charge in [0.15, 0.2) is 5.76 Å². The van der Waals surface area contributed by atoms with E-state index < -0.39 is 0 Å². The molecule has 18 heavy (non-hydrogen) atoms. The predicted octanol–water partition coefficient (Wildman–Crippen LogP) is 3.08. The standard InChI is InChI=1S/C15H17NO2/c1-3-13-8-9-14(18-13)15(17)16-10-12-7-5-4-6-11(12)2/h4-9H,3,10H2,1-2H3,(H,16,17). The molecule has 1 aromatic carbocycles. The number of nitrogens with one attached hydrogen (secondary N) is 1. The molecule has 0 aliphatic heterocycles. The number of furan rings is 1. The molecule has 0 bridgehead atoms. The van der Waals surface area contributed by atoms with Gasteiger partial charge in [0.05, 0.1) is 0 Å². The Labute approximate surface area is 107 Å². The molecule has 1 N–H and O–H groups in total. The molecule has 3 heteroatoms. The van der Waals surface area contributed by atoms with Crippen LogP contribution in [0.3, 0.4) is 0 Å². The lowest BCUT2D eigenvalue weighted by Gasteiger charge is -2.06. The lowest BCUT2D eigenvalue weighted by atomic mass is 10.1. The second-order valence-corrected chi connectivity index (χ2v) is 4.23. The molecule has 0 radical (unpaired) electrons. The van der Waals surface area contributed by atoms with Crippen LogP contribution in [0.4, 0.5) is 0 Å². The normalized spacial score (nSPS) is 10.3. The van der Waals surface area contributed by atoms with Crippen LogP contribution in [0.5, 0.6) is 0 Å². The quantitative estimate of drug-likeness (QED) is 0.896. The van der Waals surface area contributed by atoms with Gasteiger partial charge in [0.25, 0.3) is 5.91 Å². The fourth-order valence-corrected chi connectivity index (χ4v) is 1.76. The van der Waals surface area contributed by atoms with Gasteiger partial charge in [-0.3, -0.25) is 4.79 Å². The van der Waals surface area contributed by atoms with E-state index >= 15 is 0 Å². The Morgan fingerprint density at radius 3 is 2.67 bits per heavy atom. The van der Waals surface area contributed by atoms with E-state index in [1.54, 1.807) is 6.07 Å². The molecule has 1 amide bonds. The van der Waals surface area contributed by atoms with E-state index in [1.807, 2.05) is 44.2 Å². The molecule has 0 aliphatic rings. The van der Waals surface area contributed by atoms with Gasteiger partial charge in [0, 0.05) is 13.0 Å². The average molecular weight is 243 g/mol. The van der Waals surface area contributed by atoms with E-state index in [2.05, 4.69) is 5.32 Å². The highest BCUT2D eigenvalue weighted by Crippen LogP contribution is 2.10. The van der Waals surface area contributed by atoms with Crippen molar-refractivity contribution in [2.45, 2.75) is 26.8 Å². The summed E-state index contributed by atoms with van der Waals surface area (Å²) in [7, 11) is 0. The number of carbonyl (C=O) groups is 1. The van der Waals surface area contributed by atoms with Crippen LogP contribution in [0.25, 0.3) is 0 Å². The summed E-state index contributed by atoms with van der Waals surface area (Å²) in [6, 6.07) is 11.5. The molecule has 1 aromatic heterocycles. The van der Waals surface area contributed by atoms with Crippen molar-refractivity contribution in [2.75, 3.05) is 0 Å². The maximum absolute atomic E-state index is 11.9. The van der Waals surface area contributed by atoms with Gasteiger partial charge in [-0.25, -0.2) is 0 Å². The summed E-state index contributed by atoms with van der Waals surface area (Å²) >= 11 is 0. The summed E-state index contributed by atoms with van der Waals surface area (Å²) in [5, 5.41) is 2.86. The van der Waals surface area contributed by atoms with Crippen LogP contribution in [0.2, 0.25) is 0 Å². The number of carbonyl (C=O) groups excluding carboxylic acids is 1. The third kappa shape index (κ3) is 2.80. The summed E-state index contributed by atoms with van der Waals surface area (Å²) in [4.78, 5) is 11.9. The van der Waals surface area contributed by atoms with E-state index in [1.165, 1.54) is 5.56 Å². The van der Waals surface area contributed by atoms with Crippen LogP contribution in [0, 0.1) is 6.92 Å². The first-order chi connectivity index (χ1) is 8.70. The highest BCUT2D eigenvalue weighted by molar-refractivity contribution is 5.91. The van der Waals surface area contributed by atoms with E-state index in [0.717, 1.165) is 17.7 Å². The van der Waals surface area contributed by atoms with Crippen LogP contribution < -0.4 is 5.32 Å². The average Bonchev–Trinajstić information content (AvgIpc) is 2.86. The molecule has 0 spiro atoms. The molecule has 0 saturated carbocycles. The first-order valence-electron chi connectivity index (χ1n) is 6.12. The van der Waals surface area contributed by atoms with Crippen molar-refractivity contribution < 1.29 is 9.21 Å². The molecule has 0 fully saturated rings. The zero-order valence-corrected chi connectivity index (χ0v) is 10.7. The topological polar surface area (TPSA) is 42.2 Å². The smallest absolute Gasteiger partial charge is 0.287 e. The number of aryl methyl sites for hydroxylation is 2. The van der Waals surface area contributed by atoms with Crippen molar-refractivity contribution in [3.05, 3.63) is 59.0 Å². The van der Waals surface area contributed by atoms with Crippen molar-refractivity contribution >= 4 is 5.91 Å². The zero-order valence-electron chi connectivity index (χ0n) is 10.7. The van der Waals surface area contributed by atoms with Crippen molar-refractivity contribution in [3.8, 4) is 0 Å². The second kappa shape index (κ2) is 5.54. The van der Waals surface area contributed by atoms with Gasteiger partial charge in [0.1, 0.15) is 5.76 Å². The van der Waals surface area contributed by atoms with Gasteiger partial charge in [-0.15, -0.1) is 0 Å². The first kappa shape index (κ1) is 12.4. The maximum atomic E-state index is 11.9. The lowest BCUT2D eigenvalue weighted by molar-refractivity contribution is 0.0921. The molecular formula is C15H17NO2. The number of hydrogen-bond donors (Lipinski definition) is 1. The number of benzene rings is 1. The molecule has 3 nitrogen and oxygen atoms in total. The maximum Gasteiger partial charge on any atom is 0.287 e. The van der Waals surface area contributed by atoms with Gasteiger partial charge in [-0.05, 0) is 30.2 Å². The van der Waals surface area contributed by atoms with Gasteiger partial charge < -0.3 is 9.73 Å². The van der Waals surface area contributed by atoms with Gasteiger partial charge in [0.2, 0.25) is 0 Å². The zero-order chi connectivity index (χ0) is 13.0. The largest absolute Gasteiger partial charge is 0.456 e. The molecule has 1 heterocycles. The molecule has 2 aromatic rings. The Hall–Kier alpha value is -2.03. The van der Waals surface area contributed by atoms with Crippen molar-refractivity contribution in [1.29, 1.82) is 0 Å². The SMILES string of the molecule is CCc1ccc(C(=O)NCc2ccccc2C)o1. The molecule has 0 aliphatic carbocycles. The Bertz CT molecular complexity index is 543. The van der Waals surface area contributed by atoms with E-state index in [0.29, 0.717) is 12.3 Å². The minimum atomic E-state index is -0.169. The van der Waals surface area contributed by atoms with Crippen LogP contribution in [0.1, 0.15) is 34.4 Å². The molecule has 0 saturated heterocycles. The number of amides is 1. The summed E-state index contributed by atoms with van der Waals surface area (Å²) in [5.74, 6) is 1.04. The summed E-state index contributed by atoms with van der Waals surface area (Å²) < 4.78 is 5.40. The van der Waals surface area contributed by atoms with Gasteiger partial charge >= 0.3 is 0 Å². The molecule has 94 valence electrons. The van der Waals surface area contributed by atoms with Crippen molar-refractivity contribution in [1.82, 2.24) is 5.32 Å². The monoisotopic (exact) mass is 243 g/mol. The van der Waals surface area contributed by atoms with Gasteiger partial charge in [-0.2, -0.15) is 0 Å². The Balaban J connectivity index is 1.98. The van der Waals surface area contributed by atoms with E-state index in [-0.39, 0.29) is 5.91 Å². The minimum Gasteiger partial charge on any atom is -0.456 e. The number of hydrogen-bond acceptors (Lipinski definition) is 2. The first-order valence-corrected chi connectivity index (χ1v) is 6.12. The molecular weight excluding hydrogens is 226 g/mol. The summed E-state index contributed by atoms with van der Waals surface area (Å²) in [6.45, 7) is 4.55. The Kier molecular flexibility index (Phi) is 3.82. The Morgan fingerprint density at radius 2 is 2.00 bits per heavy atom. The van der Waals surface area contributed by atoms with E-state index in [4.69, 9.17) is 4.42 Å². The highest BCUT2D eigenvalue weighted by atomic mass is 16.3. The second-order valence-electron chi connectivity index (χ2n) is 4.23. The van der Waals surface area contributed by atoms with Crippen molar-refractivity contribution in [2.24, 2.45) is 0 Å². The minimum absolute atomic E-state index is 0.169. The van der Waals surface area contributed by atoms with Crippen LogP contribution in [0.15, 0.2) is 40.8 Å². The Morgan fingerprint density at radius 1 is 1.22 bits per heavy atom. The fraction of sp³-hybridized carbons (Fsp3) is 0.267. The molecule has 0 unspecified atom stereocenters. The third-order valence-corrected chi connectivity index (χ3v) is 2.93. The summed E-state index contributed by atoms with van der Waals surface area (Å²) in [5.41, 5.74) is 2.29. The fourth-order valence-electron chi connectivity index (χ4n) is 1.76. The van der Waals surface area contributed by atoms with Crippen LogP contribution >= 0.6 is 0 Å². The predicted molar refractivity (Wildman–Crippen MR) is 70.4 cm³/mol. The molecule has 0 atom stereocenters. The number of rotatable bonds is 4. The highest BCUT2D eigenvalue weighted by Gasteiger charge is 2.10. The van der Waals surface area contributed by atoms with Gasteiger partial charge in [-0.1, -0.05) is 31.2 Å². The third-order valence-electron chi connectivity index (χ3n) is 2.93. The van der Waals surface area contributed by atoms with E-state index in [9.17, 15) is 4.79 Å². The van der Waals surface area contributed by atoms with Crippen LogP contribution in [-0.4, -0.2) is 5.91 Å². The summed E-state index contributed by atoms with van der Waals surface area (Å²) in [6.07, 6.45) is 0.797. The lowest BCUT2D eigenvalue weighted by Crippen LogP contribution is -2.22.